The van der Waals surface area contributed by atoms with Crippen molar-refractivity contribution in [2.75, 3.05) is 4.72 Å². The SMILES string of the molecule is CCn1cc(S(=O)(=O)Nc2ncn(Cc3cccc(C)c3)n2)cn1. The smallest absolute Gasteiger partial charge is 0.267 e. The quantitative estimate of drug-likeness (QED) is 0.732. The molecule has 0 saturated heterocycles. The van der Waals surface area contributed by atoms with Crippen LogP contribution in [0, 0.1) is 6.92 Å². The van der Waals surface area contributed by atoms with Crippen LogP contribution in [-0.2, 0) is 23.1 Å². The van der Waals surface area contributed by atoms with Crippen molar-refractivity contribution >= 4 is 16.0 Å². The first kappa shape index (κ1) is 16.2. The van der Waals surface area contributed by atoms with Crippen LogP contribution in [0.25, 0.3) is 0 Å². The van der Waals surface area contributed by atoms with E-state index in [-0.39, 0.29) is 10.8 Å². The molecular weight excluding hydrogens is 328 g/mol. The van der Waals surface area contributed by atoms with E-state index in [4.69, 9.17) is 0 Å². The zero-order valence-corrected chi connectivity index (χ0v) is 14.2. The van der Waals surface area contributed by atoms with E-state index in [0.717, 1.165) is 11.1 Å². The van der Waals surface area contributed by atoms with Crippen LogP contribution in [0.4, 0.5) is 5.95 Å². The van der Waals surface area contributed by atoms with Gasteiger partial charge in [-0.05, 0) is 19.4 Å². The fourth-order valence-electron chi connectivity index (χ4n) is 2.25. The number of hydrogen-bond donors (Lipinski definition) is 1. The van der Waals surface area contributed by atoms with Crippen molar-refractivity contribution in [1.29, 1.82) is 0 Å². The second kappa shape index (κ2) is 6.44. The highest BCUT2D eigenvalue weighted by Gasteiger charge is 2.18. The fraction of sp³-hybridized carbons (Fsp3) is 0.267. The summed E-state index contributed by atoms with van der Waals surface area (Å²) < 4.78 is 30.1. The van der Waals surface area contributed by atoms with Gasteiger partial charge in [0.25, 0.3) is 16.0 Å². The first-order valence-corrected chi connectivity index (χ1v) is 8.95. The molecule has 126 valence electrons. The third-order valence-electron chi connectivity index (χ3n) is 3.43. The van der Waals surface area contributed by atoms with Crippen LogP contribution in [0.5, 0.6) is 0 Å². The van der Waals surface area contributed by atoms with Gasteiger partial charge in [0.2, 0.25) is 0 Å². The largest absolute Gasteiger partial charge is 0.272 e. The normalized spacial score (nSPS) is 11.6. The molecule has 0 aliphatic carbocycles. The van der Waals surface area contributed by atoms with Crippen molar-refractivity contribution in [3.63, 3.8) is 0 Å². The molecule has 0 fully saturated rings. The Bertz CT molecular complexity index is 944. The number of rotatable bonds is 6. The number of nitrogens with one attached hydrogen (secondary N) is 1. The van der Waals surface area contributed by atoms with Gasteiger partial charge >= 0.3 is 0 Å². The molecule has 3 aromatic rings. The lowest BCUT2D eigenvalue weighted by Crippen LogP contribution is -2.14. The molecule has 0 radical (unpaired) electrons. The molecule has 2 heterocycles. The Morgan fingerprint density at radius 1 is 1.25 bits per heavy atom. The van der Waals surface area contributed by atoms with Gasteiger partial charge in [0, 0.05) is 12.7 Å². The van der Waals surface area contributed by atoms with E-state index in [9.17, 15) is 8.42 Å². The van der Waals surface area contributed by atoms with Gasteiger partial charge in [-0.2, -0.15) is 10.1 Å². The van der Waals surface area contributed by atoms with Gasteiger partial charge in [0.1, 0.15) is 11.2 Å². The zero-order valence-electron chi connectivity index (χ0n) is 13.4. The molecule has 0 atom stereocenters. The lowest BCUT2D eigenvalue weighted by atomic mass is 10.1. The van der Waals surface area contributed by atoms with Gasteiger partial charge in [-0.15, -0.1) is 5.10 Å². The first-order chi connectivity index (χ1) is 11.5. The predicted molar refractivity (Wildman–Crippen MR) is 89.0 cm³/mol. The highest BCUT2D eigenvalue weighted by molar-refractivity contribution is 7.92. The predicted octanol–water partition coefficient (Wildman–Crippen LogP) is 1.65. The summed E-state index contributed by atoms with van der Waals surface area (Å²) in [5, 5.41) is 8.12. The summed E-state index contributed by atoms with van der Waals surface area (Å²) >= 11 is 0. The molecule has 0 spiro atoms. The third-order valence-corrected chi connectivity index (χ3v) is 4.72. The van der Waals surface area contributed by atoms with Crippen molar-refractivity contribution in [2.24, 2.45) is 0 Å². The van der Waals surface area contributed by atoms with Gasteiger partial charge in [0.05, 0.1) is 12.7 Å². The number of hydrogen-bond acceptors (Lipinski definition) is 5. The van der Waals surface area contributed by atoms with E-state index in [1.54, 1.807) is 9.36 Å². The maximum atomic E-state index is 12.3. The van der Waals surface area contributed by atoms with Gasteiger partial charge in [-0.1, -0.05) is 29.8 Å². The summed E-state index contributed by atoms with van der Waals surface area (Å²) in [5.74, 6) is 0.0342. The van der Waals surface area contributed by atoms with E-state index in [1.165, 1.54) is 18.7 Å². The molecule has 24 heavy (non-hydrogen) atoms. The molecule has 2 aromatic heterocycles. The topological polar surface area (TPSA) is 94.7 Å². The summed E-state index contributed by atoms with van der Waals surface area (Å²) in [4.78, 5) is 4.09. The molecule has 0 aliphatic heterocycles. The zero-order chi connectivity index (χ0) is 17.2. The molecule has 1 N–H and O–H groups in total. The molecule has 0 unspecified atom stereocenters. The second-order valence-electron chi connectivity index (χ2n) is 5.39. The molecule has 1 aromatic carbocycles. The maximum absolute atomic E-state index is 12.3. The Morgan fingerprint density at radius 2 is 2.08 bits per heavy atom. The highest BCUT2D eigenvalue weighted by atomic mass is 32.2. The maximum Gasteiger partial charge on any atom is 0.267 e. The summed E-state index contributed by atoms with van der Waals surface area (Å²) in [6.07, 6.45) is 4.26. The van der Waals surface area contributed by atoms with Crippen molar-refractivity contribution in [3.05, 3.63) is 54.1 Å². The number of anilines is 1. The Kier molecular flexibility index (Phi) is 4.34. The Labute approximate surface area is 140 Å². The number of aryl methyl sites for hydroxylation is 2. The summed E-state index contributed by atoms with van der Waals surface area (Å²) in [6.45, 7) is 5.01. The molecule has 8 nitrogen and oxygen atoms in total. The molecular formula is C15H18N6O2S. The van der Waals surface area contributed by atoms with Crippen molar-refractivity contribution in [2.45, 2.75) is 31.8 Å². The van der Waals surface area contributed by atoms with Gasteiger partial charge < -0.3 is 0 Å². The molecule has 3 rings (SSSR count). The molecule has 9 heteroatoms. The second-order valence-corrected chi connectivity index (χ2v) is 7.07. The minimum absolute atomic E-state index is 0.0342. The van der Waals surface area contributed by atoms with Crippen molar-refractivity contribution in [3.8, 4) is 0 Å². The van der Waals surface area contributed by atoms with E-state index in [2.05, 4.69) is 19.9 Å². The van der Waals surface area contributed by atoms with E-state index in [1.807, 2.05) is 38.1 Å². The van der Waals surface area contributed by atoms with E-state index in [0.29, 0.717) is 13.1 Å². The third kappa shape index (κ3) is 3.62. The van der Waals surface area contributed by atoms with E-state index < -0.39 is 10.0 Å². The minimum atomic E-state index is -3.74. The molecule has 0 amide bonds. The molecule has 0 aliphatic rings. The molecule has 0 bridgehead atoms. The van der Waals surface area contributed by atoms with Crippen LogP contribution in [0.3, 0.4) is 0 Å². The average molecular weight is 346 g/mol. The summed E-state index contributed by atoms with van der Waals surface area (Å²) in [6, 6.07) is 8.01. The number of sulfonamides is 1. The summed E-state index contributed by atoms with van der Waals surface area (Å²) in [5.41, 5.74) is 2.22. The van der Waals surface area contributed by atoms with Gasteiger partial charge in [-0.25, -0.2) is 17.8 Å². The van der Waals surface area contributed by atoms with Crippen LogP contribution < -0.4 is 4.72 Å². The van der Waals surface area contributed by atoms with Crippen LogP contribution in [0.15, 0.2) is 47.9 Å². The monoisotopic (exact) mass is 346 g/mol. The van der Waals surface area contributed by atoms with Gasteiger partial charge in [-0.3, -0.25) is 4.68 Å². The Morgan fingerprint density at radius 3 is 2.79 bits per heavy atom. The average Bonchev–Trinajstić information content (AvgIpc) is 3.16. The molecule has 0 saturated carbocycles. The van der Waals surface area contributed by atoms with E-state index >= 15 is 0 Å². The summed E-state index contributed by atoms with van der Waals surface area (Å²) in [7, 11) is -3.74. The number of aromatic nitrogens is 5. The lowest BCUT2D eigenvalue weighted by molar-refractivity contribution is 0.600. The highest BCUT2D eigenvalue weighted by Crippen LogP contribution is 2.12. The van der Waals surface area contributed by atoms with Crippen LogP contribution in [0.1, 0.15) is 18.1 Å². The van der Waals surface area contributed by atoms with Crippen molar-refractivity contribution in [1.82, 2.24) is 24.5 Å². The van der Waals surface area contributed by atoms with Crippen molar-refractivity contribution < 1.29 is 8.42 Å². The first-order valence-electron chi connectivity index (χ1n) is 7.46. The Balaban J connectivity index is 1.73. The van der Waals surface area contributed by atoms with Crippen LogP contribution in [-0.4, -0.2) is 33.0 Å². The number of benzene rings is 1. The van der Waals surface area contributed by atoms with Gasteiger partial charge in [0.15, 0.2) is 0 Å². The lowest BCUT2D eigenvalue weighted by Gasteiger charge is -2.03. The minimum Gasteiger partial charge on any atom is -0.272 e. The Hall–Kier alpha value is -2.68. The number of nitrogens with zero attached hydrogens (tertiary/aromatic N) is 5. The van der Waals surface area contributed by atoms with Crippen LogP contribution in [0.2, 0.25) is 0 Å². The fourth-order valence-corrected chi connectivity index (χ4v) is 3.15. The van der Waals surface area contributed by atoms with Crippen LogP contribution >= 0.6 is 0 Å². The standard InChI is InChI=1S/C15H18N6O2S/c1-3-20-10-14(8-17-20)24(22,23)19-15-16-11-21(18-15)9-13-6-4-5-12(2)7-13/h4-8,10-11H,3,9H2,1-2H3,(H,18,19).